The Bertz CT molecular complexity index is 586. The number of benzene rings is 1. The van der Waals surface area contributed by atoms with Crippen molar-refractivity contribution < 1.29 is 23.8 Å². The third-order valence-corrected chi connectivity index (χ3v) is 2.34. The van der Waals surface area contributed by atoms with E-state index in [-0.39, 0.29) is 12.3 Å². The summed E-state index contributed by atoms with van der Waals surface area (Å²) in [4.78, 5) is 22.9. The van der Waals surface area contributed by atoms with Gasteiger partial charge in [-0.05, 0) is 12.1 Å². The number of rotatable bonds is 6. The fraction of sp³-hybridized carbons (Fsp3) is 0.200. The maximum Gasteiger partial charge on any atom is 0.354 e. The van der Waals surface area contributed by atoms with Crippen LogP contribution in [0.2, 0.25) is 0 Å². The number of ether oxygens (including phenoxy) is 3. The van der Waals surface area contributed by atoms with E-state index in [0.717, 1.165) is 6.08 Å². The van der Waals surface area contributed by atoms with Crippen molar-refractivity contribution in [2.75, 3.05) is 26.1 Å². The molecular weight excluding hydrogens is 274 g/mol. The first-order valence-electron chi connectivity index (χ1n) is 5.92. The van der Waals surface area contributed by atoms with E-state index in [0.29, 0.717) is 11.4 Å². The van der Waals surface area contributed by atoms with Crippen molar-refractivity contribution in [3.63, 3.8) is 0 Å². The Morgan fingerprint density at radius 2 is 2.00 bits per heavy atom. The fourth-order valence-corrected chi connectivity index (χ4v) is 1.39. The number of para-hydroxylation sites is 2. The number of hydrogen-bond acceptors (Lipinski definition) is 6. The molecule has 6 heteroatoms. The van der Waals surface area contributed by atoms with Crippen LogP contribution in [0.5, 0.6) is 5.75 Å². The van der Waals surface area contributed by atoms with Gasteiger partial charge in [-0.3, -0.25) is 0 Å². The Morgan fingerprint density at radius 3 is 2.62 bits per heavy atom. The number of esters is 2. The molecule has 0 saturated heterocycles. The average molecular weight is 289 g/mol. The molecule has 0 heterocycles. The molecular formula is C15H15NO5. The molecule has 1 rings (SSSR count). The molecule has 0 bridgehead atoms. The number of terminal acetylenes is 1. The van der Waals surface area contributed by atoms with Gasteiger partial charge in [0.05, 0.1) is 26.0 Å². The summed E-state index contributed by atoms with van der Waals surface area (Å²) in [6.45, 7) is 0.0764. The van der Waals surface area contributed by atoms with Crippen molar-refractivity contribution in [2.45, 2.75) is 0 Å². The highest BCUT2D eigenvalue weighted by Crippen LogP contribution is 2.25. The van der Waals surface area contributed by atoms with Gasteiger partial charge < -0.3 is 19.5 Å². The summed E-state index contributed by atoms with van der Waals surface area (Å²) in [6.07, 6.45) is 6.13. The smallest absolute Gasteiger partial charge is 0.354 e. The third kappa shape index (κ3) is 4.91. The Kier molecular flexibility index (Phi) is 6.35. The lowest BCUT2D eigenvalue weighted by Gasteiger charge is -2.13. The summed E-state index contributed by atoms with van der Waals surface area (Å²) in [5, 5.41) is 2.76. The van der Waals surface area contributed by atoms with Crippen LogP contribution in [0.4, 0.5) is 5.69 Å². The summed E-state index contributed by atoms with van der Waals surface area (Å²) < 4.78 is 14.4. The van der Waals surface area contributed by atoms with Crippen LogP contribution < -0.4 is 10.1 Å². The van der Waals surface area contributed by atoms with E-state index in [2.05, 4.69) is 20.7 Å². The highest BCUT2D eigenvalue weighted by molar-refractivity contribution is 5.99. The molecule has 21 heavy (non-hydrogen) atoms. The molecule has 0 aliphatic heterocycles. The van der Waals surface area contributed by atoms with E-state index in [1.165, 1.54) is 14.2 Å². The van der Waals surface area contributed by atoms with Gasteiger partial charge in [0.1, 0.15) is 18.1 Å². The zero-order chi connectivity index (χ0) is 15.7. The summed E-state index contributed by atoms with van der Waals surface area (Å²) >= 11 is 0. The normalized spacial score (nSPS) is 10.2. The summed E-state index contributed by atoms with van der Waals surface area (Å²) in [7, 11) is 2.41. The molecule has 0 saturated carbocycles. The molecule has 110 valence electrons. The average Bonchev–Trinajstić information content (AvgIpc) is 2.52. The van der Waals surface area contributed by atoms with E-state index in [9.17, 15) is 9.59 Å². The lowest BCUT2D eigenvalue weighted by molar-refractivity contribution is -0.138. The molecule has 0 fully saturated rings. The number of nitrogens with one attached hydrogen (secondary N) is 1. The van der Waals surface area contributed by atoms with Crippen LogP contribution in [-0.4, -0.2) is 32.8 Å². The van der Waals surface area contributed by atoms with Crippen molar-refractivity contribution in [1.29, 1.82) is 0 Å². The Balaban J connectivity index is 3.04. The second kappa shape index (κ2) is 8.27. The van der Waals surface area contributed by atoms with E-state index >= 15 is 0 Å². The van der Waals surface area contributed by atoms with Gasteiger partial charge in [-0.25, -0.2) is 9.59 Å². The molecule has 1 N–H and O–H groups in total. The molecule has 0 radical (unpaired) electrons. The first kappa shape index (κ1) is 16.1. The van der Waals surface area contributed by atoms with Crippen LogP contribution in [0.25, 0.3) is 0 Å². The monoisotopic (exact) mass is 289 g/mol. The molecule has 1 aromatic carbocycles. The minimum absolute atomic E-state index is 0.0764. The van der Waals surface area contributed by atoms with Crippen molar-refractivity contribution in [3.8, 4) is 18.1 Å². The van der Waals surface area contributed by atoms with E-state index in [1.54, 1.807) is 24.3 Å². The minimum atomic E-state index is -0.716. The SMILES string of the molecule is C#CCOc1ccccc1N/C(=C/C(=O)OC)C(=O)OC. The molecule has 0 aliphatic rings. The molecule has 0 atom stereocenters. The van der Waals surface area contributed by atoms with E-state index in [1.807, 2.05) is 0 Å². The minimum Gasteiger partial charge on any atom is -0.479 e. The van der Waals surface area contributed by atoms with Crippen LogP contribution >= 0.6 is 0 Å². The standard InChI is InChI=1S/C15H15NO5/c1-4-9-21-13-8-6-5-7-11(13)16-12(15(18)20-3)10-14(17)19-2/h1,5-8,10,16H,9H2,2-3H3/b12-10+. The summed E-state index contributed by atoms with van der Waals surface area (Å²) in [6, 6.07) is 6.82. The quantitative estimate of drug-likeness (QED) is 0.484. The molecule has 6 nitrogen and oxygen atoms in total. The van der Waals surface area contributed by atoms with Crippen molar-refractivity contribution in [3.05, 3.63) is 36.0 Å². The van der Waals surface area contributed by atoms with Crippen LogP contribution in [0.3, 0.4) is 0 Å². The lowest BCUT2D eigenvalue weighted by atomic mass is 10.2. The lowest BCUT2D eigenvalue weighted by Crippen LogP contribution is -2.16. The van der Waals surface area contributed by atoms with Crippen molar-refractivity contribution in [1.82, 2.24) is 0 Å². The predicted molar refractivity (Wildman–Crippen MR) is 76.5 cm³/mol. The Hall–Kier alpha value is -2.94. The maximum atomic E-state index is 11.7. The van der Waals surface area contributed by atoms with E-state index in [4.69, 9.17) is 11.2 Å². The van der Waals surface area contributed by atoms with Crippen LogP contribution in [0, 0.1) is 12.3 Å². The van der Waals surface area contributed by atoms with Gasteiger partial charge in [0, 0.05) is 0 Å². The molecule has 1 aromatic rings. The van der Waals surface area contributed by atoms with Gasteiger partial charge in [-0.15, -0.1) is 6.42 Å². The van der Waals surface area contributed by atoms with Crippen molar-refractivity contribution in [2.24, 2.45) is 0 Å². The molecule has 0 spiro atoms. The van der Waals surface area contributed by atoms with Crippen molar-refractivity contribution >= 4 is 17.6 Å². The molecule has 0 unspecified atom stereocenters. The van der Waals surface area contributed by atoms with Gasteiger partial charge in [0.25, 0.3) is 0 Å². The first-order valence-corrected chi connectivity index (χ1v) is 5.92. The first-order chi connectivity index (χ1) is 10.1. The van der Waals surface area contributed by atoms with Gasteiger partial charge in [-0.1, -0.05) is 18.1 Å². The van der Waals surface area contributed by atoms with Gasteiger partial charge >= 0.3 is 11.9 Å². The van der Waals surface area contributed by atoms with Gasteiger partial charge in [0.15, 0.2) is 0 Å². The predicted octanol–water partition coefficient (Wildman–Crippen LogP) is 1.34. The fourth-order valence-electron chi connectivity index (χ4n) is 1.39. The van der Waals surface area contributed by atoms with Crippen LogP contribution in [0.15, 0.2) is 36.0 Å². The molecule has 0 aliphatic carbocycles. The number of methoxy groups -OCH3 is 2. The van der Waals surface area contributed by atoms with Gasteiger partial charge in [-0.2, -0.15) is 0 Å². The van der Waals surface area contributed by atoms with Gasteiger partial charge in [0.2, 0.25) is 0 Å². The maximum absolute atomic E-state index is 11.7. The topological polar surface area (TPSA) is 73.9 Å². The third-order valence-electron chi connectivity index (χ3n) is 2.34. The zero-order valence-electron chi connectivity index (χ0n) is 11.7. The zero-order valence-corrected chi connectivity index (χ0v) is 11.7. The van der Waals surface area contributed by atoms with Crippen LogP contribution in [0.1, 0.15) is 0 Å². The number of anilines is 1. The van der Waals surface area contributed by atoms with Crippen LogP contribution in [-0.2, 0) is 19.1 Å². The Morgan fingerprint density at radius 1 is 1.29 bits per heavy atom. The number of carbonyl (C=O) groups is 2. The highest BCUT2D eigenvalue weighted by Gasteiger charge is 2.14. The number of hydrogen-bond donors (Lipinski definition) is 1. The van der Waals surface area contributed by atoms with E-state index < -0.39 is 11.9 Å². The Labute approximate surface area is 122 Å². The largest absolute Gasteiger partial charge is 0.479 e. The summed E-state index contributed by atoms with van der Waals surface area (Å²) in [5.74, 6) is 1.38. The second-order valence-corrected chi connectivity index (χ2v) is 3.69. The highest BCUT2D eigenvalue weighted by atomic mass is 16.5. The molecule has 0 aromatic heterocycles. The summed E-state index contributed by atoms with van der Waals surface area (Å²) in [5.41, 5.74) is 0.384. The molecule has 0 amide bonds. The second-order valence-electron chi connectivity index (χ2n) is 3.69. The number of carbonyl (C=O) groups excluding carboxylic acids is 2.